The second-order valence-electron chi connectivity index (χ2n) is 13.1. The van der Waals surface area contributed by atoms with Crippen LogP contribution in [0.25, 0.3) is 0 Å². The molecular weight excluding hydrogens is 583 g/mol. The Balaban J connectivity index is 1.41. The number of hydrogen-bond acceptors (Lipinski definition) is 7. The van der Waals surface area contributed by atoms with Crippen LogP contribution in [0.1, 0.15) is 90.8 Å². The number of nitriles is 1. The predicted octanol–water partition coefficient (Wildman–Crippen LogP) is 5.84. The van der Waals surface area contributed by atoms with E-state index < -0.39 is 23.1 Å². The van der Waals surface area contributed by atoms with E-state index >= 15 is 0 Å². The number of carbonyl (C=O) groups excluding carboxylic acids is 1. The molecule has 2 aliphatic carbocycles. The summed E-state index contributed by atoms with van der Waals surface area (Å²) in [6, 6.07) is 10.4. The number of nitrogens with zero attached hydrogens (tertiary/aromatic N) is 5. The molecule has 2 fully saturated rings. The first kappa shape index (κ1) is 31.0. The number of ether oxygens (including phenoxy) is 1. The van der Waals surface area contributed by atoms with Gasteiger partial charge in [0.2, 0.25) is 0 Å². The number of alkyl halides is 3. The molecule has 0 bridgehead atoms. The summed E-state index contributed by atoms with van der Waals surface area (Å²) in [6.07, 6.45) is 1.52. The van der Waals surface area contributed by atoms with Crippen LogP contribution in [-0.2, 0) is 36.5 Å². The first-order valence-corrected chi connectivity index (χ1v) is 15.3. The van der Waals surface area contributed by atoms with Crippen molar-refractivity contribution in [2.45, 2.75) is 94.7 Å². The largest absolute Gasteiger partial charge is 0.416 e. The molecule has 2 N–H and O–H groups in total. The van der Waals surface area contributed by atoms with Gasteiger partial charge in [0.25, 0.3) is 5.91 Å². The van der Waals surface area contributed by atoms with Crippen LogP contribution in [0.4, 0.5) is 24.5 Å². The monoisotopic (exact) mass is 621 g/mol. The zero-order valence-electron chi connectivity index (χ0n) is 26.0. The number of hydrogen-bond donors (Lipinski definition) is 2. The van der Waals surface area contributed by atoms with E-state index in [2.05, 4.69) is 33.8 Å². The third kappa shape index (κ3) is 5.68. The molecule has 1 aromatic heterocycles. The minimum atomic E-state index is -4.62. The van der Waals surface area contributed by atoms with E-state index in [4.69, 9.17) is 4.74 Å². The van der Waals surface area contributed by atoms with Gasteiger partial charge in [-0.2, -0.15) is 18.4 Å². The van der Waals surface area contributed by atoms with Crippen LogP contribution in [0, 0.1) is 11.3 Å². The van der Waals surface area contributed by atoms with E-state index in [1.54, 1.807) is 25.6 Å². The number of rotatable bonds is 10. The molecule has 2 heterocycles. The Kier molecular flexibility index (Phi) is 7.90. The van der Waals surface area contributed by atoms with Gasteiger partial charge in [0.15, 0.2) is 0 Å². The molecule has 0 radical (unpaired) electrons. The minimum Gasteiger partial charge on any atom is -0.381 e. The molecule has 45 heavy (non-hydrogen) atoms. The lowest BCUT2D eigenvalue weighted by molar-refractivity contribution is -0.138. The number of benzene rings is 2. The highest BCUT2D eigenvalue weighted by atomic mass is 19.4. The Labute approximate surface area is 260 Å². The van der Waals surface area contributed by atoms with Crippen LogP contribution in [-0.4, -0.2) is 45.5 Å². The van der Waals surface area contributed by atoms with Crippen molar-refractivity contribution in [2.24, 2.45) is 7.05 Å². The molecule has 6 rings (SSSR count). The van der Waals surface area contributed by atoms with Crippen molar-refractivity contribution in [3.05, 3.63) is 70.3 Å². The molecule has 12 heteroatoms. The fourth-order valence-electron chi connectivity index (χ4n) is 6.98. The van der Waals surface area contributed by atoms with E-state index in [1.807, 2.05) is 30.7 Å². The van der Waals surface area contributed by atoms with E-state index in [1.165, 1.54) is 11.0 Å². The molecule has 3 aliphatic rings. The Morgan fingerprint density at radius 2 is 1.96 bits per heavy atom. The predicted molar refractivity (Wildman–Crippen MR) is 163 cm³/mol. The Morgan fingerprint density at radius 1 is 1.20 bits per heavy atom. The van der Waals surface area contributed by atoms with Gasteiger partial charge in [0.05, 0.1) is 36.1 Å². The number of anilines is 2. The van der Waals surface area contributed by atoms with Crippen molar-refractivity contribution in [3.8, 4) is 6.07 Å². The highest BCUT2D eigenvalue weighted by molar-refractivity contribution is 6.10. The van der Waals surface area contributed by atoms with Gasteiger partial charge in [0, 0.05) is 49.2 Å². The van der Waals surface area contributed by atoms with Gasteiger partial charge in [-0.15, -0.1) is 10.2 Å². The molecule has 9 nitrogen and oxygen atoms in total. The van der Waals surface area contributed by atoms with Crippen LogP contribution in [0.2, 0.25) is 0 Å². The number of methoxy groups -OCH3 is 1. The SMILES string of the molecule is COC1CC(c2cc(NC(C)CC#N)cc(N3Cc4c(cc(CNC5(C)CCC5)cc4C(F)(F)F)C3=O)c2)(c2nncn2C)C1. The molecule has 1 amide bonds. The molecule has 0 saturated heterocycles. The molecular formula is C33H38F3N7O2. The Hall–Kier alpha value is -3.95. The summed E-state index contributed by atoms with van der Waals surface area (Å²) in [7, 11) is 3.53. The Bertz CT molecular complexity index is 1650. The second-order valence-corrected chi connectivity index (χ2v) is 13.1. The summed E-state index contributed by atoms with van der Waals surface area (Å²) in [4.78, 5) is 15.4. The maximum absolute atomic E-state index is 14.4. The smallest absolute Gasteiger partial charge is 0.381 e. The first-order chi connectivity index (χ1) is 21.4. The average molecular weight is 622 g/mol. The molecule has 2 aromatic carbocycles. The van der Waals surface area contributed by atoms with Gasteiger partial charge in [-0.3, -0.25) is 4.79 Å². The molecule has 0 spiro atoms. The third-order valence-electron chi connectivity index (χ3n) is 9.80. The van der Waals surface area contributed by atoms with Crippen molar-refractivity contribution >= 4 is 17.3 Å². The average Bonchev–Trinajstić information content (AvgIpc) is 3.52. The first-order valence-electron chi connectivity index (χ1n) is 15.3. The van der Waals surface area contributed by atoms with Crippen molar-refractivity contribution in [3.63, 3.8) is 0 Å². The lowest BCUT2D eigenvalue weighted by atomic mass is 9.61. The minimum absolute atomic E-state index is 0.0134. The Morgan fingerprint density at radius 3 is 2.56 bits per heavy atom. The van der Waals surface area contributed by atoms with E-state index in [9.17, 15) is 23.2 Å². The highest BCUT2D eigenvalue weighted by Crippen LogP contribution is 2.51. The number of nitrogens with one attached hydrogen (secondary N) is 2. The van der Waals surface area contributed by atoms with Crippen LogP contribution in [0.3, 0.4) is 0 Å². The number of aryl methyl sites for hydroxylation is 1. The van der Waals surface area contributed by atoms with Gasteiger partial charge in [-0.1, -0.05) is 0 Å². The summed E-state index contributed by atoms with van der Waals surface area (Å²) in [5.41, 5.74) is 1.01. The molecule has 238 valence electrons. The zero-order valence-corrected chi connectivity index (χ0v) is 26.0. The standard InChI is InChI=1S/C33H38F3N7O2/c1-20(6-9-37)40-23-12-22(32(15-25(16-32)45-4)30-41-39-19-42(30)3)13-24(14-23)43-18-27-26(29(43)44)10-21(11-28(27)33(34,35)36)17-38-31(2)7-5-8-31/h10-14,19-20,25,38,40H,5-8,15-18H2,1-4H3. The summed E-state index contributed by atoms with van der Waals surface area (Å²) in [5, 5.41) is 24.5. The zero-order chi connectivity index (χ0) is 32.1. The number of aromatic nitrogens is 3. The van der Waals surface area contributed by atoms with Crippen LogP contribution < -0.4 is 15.5 Å². The van der Waals surface area contributed by atoms with Gasteiger partial charge < -0.3 is 24.8 Å². The van der Waals surface area contributed by atoms with E-state index in [0.29, 0.717) is 29.8 Å². The fraction of sp³-hybridized carbons (Fsp3) is 0.515. The number of fused-ring (bicyclic) bond motifs is 1. The summed E-state index contributed by atoms with van der Waals surface area (Å²) < 4.78 is 50.8. The van der Waals surface area contributed by atoms with Crippen molar-refractivity contribution in [2.75, 3.05) is 17.3 Å². The summed E-state index contributed by atoms with van der Waals surface area (Å²) in [5.74, 6) is 0.258. The van der Waals surface area contributed by atoms with E-state index in [0.717, 1.165) is 30.7 Å². The number of amides is 1. The quantitative estimate of drug-likeness (QED) is 0.293. The lowest BCUT2D eigenvalue weighted by Crippen LogP contribution is -2.48. The third-order valence-corrected chi connectivity index (χ3v) is 9.80. The molecule has 1 unspecified atom stereocenters. The summed E-state index contributed by atoms with van der Waals surface area (Å²) >= 11 is 0. The molecule has 3 aromatic rings. The summed E-state index contributed by atoms with van der Waals surface area (Å²) in [6.45, 7) is 4.00. The number of halogens is 3. The van der Waals surface area contributed by atoms with Crippen molar-refractivity contribution < 1.29 is 22.7 Å². The second kappa shape index (κ2) is 11.4. The molecule has 2 saturated carbocycles. The fourth-order valence-corrected chi connectivity index (χ4v) is 6.98. The van der Waals surface area contributed by atoms with Gasteiger partial charge in [-0.25, -0.2) is 0 Å². The van der Waals surface area contributed by atoms with Gasteiger partial charge in [-0.05, 0) is 93.0 Å². The van der Waals surface area contributed by atoms with Crippen molar-refractivity contribution in [1.29, 1.82) is 5.26 Å². The topological polar surface area (TPSA) is 108 Å². The normalized spacial score (nSPS) is 22.8. The lowest BCUT2D eigenvalue weighted by Gasteiger charge is -2.46. The maximum Gasteiger partial charge on any atom is 0.416 e. The highest BCUT2D eigenvalue weighted by Gasteiger charge is 2.51. The van der Waals surface area contributed by atoms with Crippen LogP contribution in [0.15, 0.2) is 36.7 Å². The maximum atomic E-state index is 14.4. The van der Waals surface area contributed by atoms with Crippen LogP contribution in [0.5, 0.6) is 0 Å². The van der Waals surface area contributed by atoms with Gasteiger partial charge in [0.1, 0.15) is 12.2 Å². The number of carbonyl (C=O) groups is 1. The molecule has 1 aliphatic heterocycles. The van der Waals surface area contributed by atoms with Gasteiger partial charge >= 0.3 is 6.18 Å². The van der Waals surface area contributed by atoms with Crippen molar-refractivity contribution in [1.82, 2.24) is 20.1 Å². The van der Waals surface area contributed by atoms with E-state index in [-0.39, 0.29) is 48.3 Å². The van der Waals surface area contributed by atoms with Crippen LogP contribution >= 0.6 is 0 Å². The molecule has 1 atom stereocenters.